The molecule has 0 radical (unpaired) electrons. The maximum Gasteiger partial charge on any atom is 0.323 e. The summed E-state index contributed by atoms with van der Waals surface area (Å²) in [4.78, 5) is 18.8. The Hall–Kier alpha value is -1.49. The van der Waals surface area contributed by atoms with Gasteiger partial charge in [-0.05, 0) is 13.8 Å². The monoisotopic (exact) mass is 362 g/mol. The average Bonchev–Trinajstić information content (AvgIpc) is 2.95. The van der Waals surface area contributed by atoms with Crippen LogP contribution in [-0.2, 0) is 30.7 Å². The number of nitrogens with zero attached hydrogens (tertiary/aromatic N) is 2. The molecule has 0 amide bonds. The summed E-state index contributed by atoms with van der Waals surface area (Å²) in [7, 11) is -1.91. The van der Waals surface area contributed by atoms with E-state index in [0.29, 0.717) is 5.82 Å². The molecule has 1 aromatic heterocycles. The van der Waals surface area contributed by atoms with Gasteiger partial charge in [-0.15, -0.1) is 0 Å². The first-order valence-electron chi connectivity index (χ1n) is 7.56. The Morgan fingerprint density at radius 3 is 2.62 bits per heavy atom. The zero-order valence-corrected chi connectivity index (χ0v) is 15.2. The summed E-state index contributed by atoms with van der Waals surface area (Å²) in [6, 6.07) is -0.858. The van der Waals surface area contributed by atoms with Crippen LogP contribution >= 0.6 is 0 Å². The number of likely N-dealkylation sites (N-methyl/N-ethyl adjacent to an activating group) is 1. The number of ether oxygens (including phenoxy) is 2. The maximum absolute atomic E-state index is 12.0. The molecule has 1 rings (SSSR count). The molecule has 0 saturated carbocycles. The number of hydrogen-bond acceptors (Lipinski definition) is 7. The summed E-state index contributed by atoms with van der Waals surface area (Å²) >= 11 is 0. The number of aromatic amines is 1. The van der Waals surface area contributed by atoms with Crippen molar-refractivity contribution in [2.75, 3.05) is 26.5 Å². The quantitative estimate of drug-likeness (QED) is 0.537. The Morgan fingerprint density at radius 2 is 2.12 bits per heavy atom. The second kappa shape index (κ2) is 9.11. The van der Waals surface area contributed by atoms with Crippen LogP contribution in [0.4, 0.5) is 0 Å². The number of nitrogens with one attached hydrogen (secondary N) is 1. The fourth-order valence-corrected chi connectivity index (χ4v) is 2.36. The van der Waals surface area contributed by atoms with Crippen molar-refractivity contribution in [3.8, 4) is 0 Å². The lowest BCUT2D eigenvalue weighted by molar-refractivity contribution is -0.150. The summed E-state index contributed by atoms with van der Waals surface area (Å²) in [6.45, 7) is 3.64. The Balaban J connectivity index is 2.55. The first-order chi connectivity index (χ1) is 11.1. The first kappa shape index (κ1) is 20.6. The summed E-state index contributed by atoms with van der Waals surface area (Å²) in [6.07, 6.45) is 3.82. The number of carbonyl (C=O) groups excluding carboxylic acids is 1. The normalized spacial score (nSPS) is 14.8. The number of aromatic nitrogens is 2. The van der Waals surface area contributed by atoms with Crippen molar-refractivity contribution in [1.29, 1.82) is 0 Å². The zero-order valence-electron chi connectivity index (χ0n) is 14.4. The predicted octanol–water partition coefficient (Wildman–Crippen LogP) is -0.492. The molecule has 0 spiro atoms. The van der Waals surface area contributed by atoms with Crippen LogP contribution in [-0.4, -0.2) is 73.4 Å². The smallest absolute Gasteiger partial charge is 0.323 e. The van der Waals surface area contributed by atoms with Gasteiger partial charge in [0.25, 0.3) is 0 Å². The minimum absolute atomic E-state index is 0.0806. The van der Waals surface area contributed by atoms with Gasteiger partial charge in [-0.25, -0.2) is 17.7 Å². The van der Waals surface area contributed by atoms with Crippen molar-refractivity contribution in [1.82, 2.24) is 14.3 Å². The molecule has 138 valence electrons. The summed E-state index contributed by atoms with van der Waals surface area (Å²) in [5.41, 5.74) is 5.78. The van der Waals surface area contributed by atoms with E-state index in [1.54, 1.807) is 12.4 Å². The molecule has 0 aliphatic rings. The predicted molar refractivity (Wildman–Crippen MR) is 88.7 cm³/mol. The van der Waals surface area contributed by atoms with Crippen LogP contribution in [0.5, 0.6) is 0 Å². The SMILES string of the molecule is CC(C)O[C@H](COC(=O)[C@@H](N)Cc1ncc[nH]1)CN(C)S(C)(=O)=O. The third-order valence-electron chi connectivity index (χ3n) is 3.17. The molecule has 0 fully saturated rings. The second-order valence-electron chi connectivity index (χ2n) is 5.83. The Morgan fingerprint density at radius 1 is 1.46 bits per heavy atom. The number of hydrogen-bond donors (Lipinski definition) is 2. The lowest BCUT2D eigenvalue weighted by Crippen LogP contribution is -2.41. The van der Waals surface area contributed by atoms with Gasteiger partial charge in [0.2, 0.25) is 10.0 Å². The highest BCUT2D eigenvalue weighted by Gasteiger charge is 2.23. The molecule has 0 unspecified atom stereocenters. The highest BCUT2D eigenvalue weighted by Crippen LogP contribution is 2.05. The number of esters is 1. The van der Waals surface area contributed by atoms with E-state index in [1.807, 2.05) is 13.8 Å². The Kier molecular flexibility index (Phi) is 7.80. The van der Waals surface area contributed by atoms with Gasteiger partial charge in [0.15, 0.2) is 0 Å². The summed E-state index contributed by atoms with van der Waals surface area (Å²) in [5, 5.41) is 0. The van der Waals surface area contributed by atoms with E-state index in [9.17, 15) is 13.2 Å². The third kappa shape index (κ3) is 7.39. The first-order valence-corrected chi connectivity index (χ1v) is 9.41. The minimum atomic E-state index is -3.35. The van der Waals surface area contributed by atoms with Gasteiger partial charge < -0.3 is 20.2 Å². The maximum atomic E-state index is 12.0. The molecule has 24 heavy (non-hydrogen) atoms. The van der Waals surface area contributed by atoms with Gasteiger partial charge in [0, 0.05) is 32.4 Å². The molecule has 2 atom stereocenters. The molecule has 3 N–H and O–H groups in total. The molecule has 0 aliphatic heterocycles. The molecule has 0 bridgehead atoms. The Labute approximate surface area is 142 Å². The zero-order chi connectivity index (χ0) is 18.3. The van der Waals surface area contributed by atoms with Crippen LogP contribution in [0.25, 0.3) is 0 Å². The molecule has 0 aromatic carbocycles. The number of imidazole rings is 1. The van der Waals surface area contributed by atoms with Gasteiger partial charge in [0.05, 0.1) is 12.4 Å². The van der Waals surface area contributed by atoms with E-state index in [0.717, 1.165) is 10.6 Å². The van der Waals surface area contributed by atoms with E-state index in [1.165, 1.54) is 7.05 Å². The van der Waals surface area contributed by atoms with Crippen molar-refractivity contribution in [2.24, 2.45) is 5.73 Å². The lowest BCUT2D eigenvalue weighted by Gasteiger charge is -2.25. The van der Waals surface area contributed by atoms with Gasteiger partial charge in [-0.1, -0.05) is 0 Å². The van der Waals surface area contributed by atoms with E-state index >= 15 is 0 Å². The van der Waals surface area contributed by atoms with Crippen molar-refractivity contribution in [2.45, 2.75) is 38.5 Å². The summed E-state index contributed by atoms with van der Waals surface area (Å²) < 4.78 is 35.0. The van der Waals surface area contributed by atoms with Gasteiger partial charge in [-0.2, -0.15) is 0 Å². The molecule has 9 nitrogen and oxygen atoms in total. The van der Waals surface area contributed by atoms with Gasteiger partial charge in [-0.3, -0.25) is 4.79 Å². The fourth-order valence-electron chi connectivity index (χ4n) is 1.93. The van der Waals surface area contributed by atoms with Crippen LogP contribution in [0.1, 0.15) is 19.7 Å². The highest BCUT2D eigenvalue weighted by atomic mass is 32.2. The number of carbonyl (C=O) groups is 1. The van der Waals surface area contributed by atoms with Crippen molar-refractivity contribution in [3.05, 3.63) is 18.2 Å². The van der Waals surface area contributed by atoms with E-state index in [-0.39, 0.29) is 25.7 Å². The van der Waals surface area contributed by atoms with E-state index in [2.05, 4.69) is 9.97 Å². The van der Waals surface area contributed by atoms with Crippen molar-refractivity contribution in [3.63, 3.8) is 0 Å². The van der Waals surface area contributed by atoms with Gasteiger partial charge >= 0.3 is 5.97 Å². The van der Waals surface area contributed by atoms with Crippen LogP contribution in [0.15, 0.2) is 12.4 Å². The van der Waals surface area contributed by atoms with E-state index in [4.69, 9.17) is 15.2 Å². The van der Waals surface area contributed by atoms with Crippen LogP contribution in [0, 0.1) is 0 Å². The second-order valence-corrected chi connectivity index (χ2v) is 7.92. The van der Waals surface area contributed by atoms with Crippen molar-refractivity contribution >= 4 is 16.0 Å². The number of sulfonamides is 1. The topological polar surface area (TPSA) is 128 Å². The third-order valence-corrected chi connectivity index (χ3v) is 4.46. The van der Waals surface area contributed by atoms with Crippen molar-refractivity contribution < 1.29 is 22.7 Å². The van der Waals surface area contributed by atoms with Crippen LogP contribution < -0.4 is 5.73 Å². The molecule has 1 aromatic rings. The fraction of sp³-hybridized carbons (Fsp3) is 0.714. The van der Waals surface area contributed by atoms with Crippen LogP contribution in [0.2, 0.25) is 0 Å². The molecular formula is C14H26N4O5S. The largest absolute Gasteiger partial charge is 0.462 e. The molecule has 0 saturated heterocycles. The number of rotatable bonds is 10. The van der Waals surface area contributed by atoms with Crippen LogP contribution in [0.3, 0.4) is 0 Å². The molecule has 10 heteroatoms. The molecular weight excluding hydrogens is 336 g/mol. The average molecular weight is 362 g/mol. The standard InChI is InChI=1S/C14H26N4O5S/c1-10(2)23-11(8-18(3)24(4,20)21)9-22-14(19)12(15)7-13-16-5-6-17-13/h5-6,10-12H,7-9,15H2,1-4H3,(H,16,17)/t11-,12-/m0/s1. The highest BCUT2D eigenvalue weighted by molar-refractivity contribution is 7.88. The molecule has 0 aliphatic carbocycles. The van der Waals surface area contributed by atoms with Gasteiger partial charge in [0.1, 0.15) is 24.6 Å². The van der Waals surface area contributed by atoms with E-state index < -0.39 is 28.1 Å². The minimum Gasteiger partial charge on any atom is -0.462 e. The lowest BCUT2D eigenvalue weighted by atomic mass is 10.2. The summed E-state index contributed by atoms with van der Waals surface area (Å²) in [5.74, 6) is -0.00277. The number of H-pyrrole nitrogens is 1. The number of nitrogens with two attached hydrogens (primary N) is 1. The Bertz CT molecular complexity index is 603. The molecule has 1 heterocycles.